The van der Waals surface area contributed by atoms with Gasteiger partial charge in [0.15, 0.2) is 11.5 Å². The molecular weight excluding hydrogens is 465 g/mol. The molecule has 0 saturated heterocycles. The van der Waals surface area contributed by atoms with Crippen molar-refractivity contribution in [3.8, 4) is 5.82 Å². The minimum absolute atomic E-state index is 0.110. The maximum Gasteiger partial charge on any atom is 0.434 e. The molecule has 3 N–H and O–H groups in total. The molecule has 8 nitrogen and oxygen atoms in total. The van der Waals surface area contributed by atoms with Gasteiger partial charge in [-0.15, -0.1) is 21.9 Å². The highest BCUT2D eigenvalue weighted by Gasteiger charge is 2.39. The molecule has 0 atom stereocenters. The zero-order valence-electron chi connectivity index (χ0n) is 17.7. The van der Waals surface area contributed by atoms with Crippen molar-refractivity contribution in [3.63, 3.8) is 0 Å². The summed E-state index contributed by atoms with van der Waals surface area (Å²) in [6, 6.07) is 6.46. The number of benzene rings is 1. The van der Waals surface area contributed by atoms with Crippen LogP contribution < -0.4 is 11.1 Å². The maximum absolute atomic E-state index is 14.1. The van der Waals surface area contributed by atoms with Crippen LogP contribution in [0.1, 0.15) is 5.56 Å². The minimum atomic E-state index is -4.81. The summed E-state index contributed by atoms with van der Waals surface area (Å²) in [4.78, 5) is 13.7. The van der Waals surface area contributed by atoms with E-state index in [1.54, 1.807) is 30.6 Å². The lowest BCUT2D eigenvalue weighted by atomic mass is 10.1. The summed E-state index contributed by atoms with van der Waals surface area (Å²) in [5, 5.41) is 10.9. The number of allylic oxidation sites excluding steroid dienone is 1. The fourth-order valence-corrected chi connectivity index (χ4v) is 3.91. The van der Waals surface area contributed by atoms with Gasteiger partial charge in [-0.3, -0.25) is 0 Å². The van der Waals surface area contributed by atoms with Crippen molar-refractivity contribution in [2.24, 2.45) is 10.7 Å². The lowest BCUT2D eigenvalue weighted by molar-refractivity contribution is -0.0580. The Morgan fingerprint density at radius 2 is 2.03 bits per heavy atom. The normalized spacial score (nSPS) is 12.6. The number of aromatic nitrogens is 5. The van der Waals surface area contributed by atoms with Gasteiger partial charge in [-0.25, -0.2) is 15.0 Å². The molecule has 0 unspecified atom stereocenters. The van der Waals surface area contributed by atoms with E-state index in [-0.39, 0.29) is 11.4 Å². The first-order chi connectivity index (χ1) is 16.3. The third-order valence-corrected chi connectivity index (χ3v) is 5.50. The number of anilines is 1. The molecule has 34 heavy (non-hydrogen) atoms. The fraction of sp³-hybridized carbons (Fsp3) is 0.0909. The SMILES string of the molecule is C=C=C(Nc1cnc(-n2nccn2)c(C)c1)C(=CN)C(=Nc1cccc2ncsc12)C(F)(F)F. The van der Waals surface area contributed by atoms with Crippen LogP contribution in [-0.4, -0.2) is 36.8 Å². The van der Waals surface area contributed by atoms with E-state index >= 15 is 0 Å². The highest BCUT2D eigenvalue weighted by Crippen LogP contribution is 2.34. The number of hydrogen-bond donors (Lipinski definition) is 2. The van der Waals surface area contributed by atoms with E-state index in [2.05, 4.69) is 42.8 Å². The second kappa shape index (κ2) is 9.30. The number of nitrogens with zero attached hydrogens (tertiary/aromatic N) is 6. The van der Waals surface area contributed by atoms with Crippen LogP contribution in [0, 0.1) is 6.92 Å². The highest BCUT2D eigenvalue weighted by molar-refractivity contribution is 7.17. The van der Waals surface area contributed by atoms with E-state index in [1.165, 1.54) is 40.8 Å². The zero-order valence-corrected chi connectivity index (χ0v) is 18.5. The van der Waals surface area contributed by atoms with Crippen LogP contribution in [0.5, 0.6) is 0 Å². The number of aryl methyl sites for hydroxylation is 1. The molecule has 3 aromatic heterocycles. The first kappa shape index (κ1) is 22.9. The molecule has 0 amide bonds. The molecule has 0 saturated carbocycles. The molecule has 4 aromatic rings. The molecule has 0 fully saturated rings. The van der Waals surface area contributed by atoms with Gasteiger partial charge >= 0.3 is 6.18 Å². The number of halogens is 3. The average molecular weight is 482 g/mol. The number of alkyl halides is 3. The Morgan fingerprint density at radius 3 is 2.68 bits per heavy atom. The zero-order chi connectivity index (χ0) is 24.3. The Balaban J connectivity index is 1.71. The number of aliphatic imine (C=N–C) groups is 1. The highest BCUT2D eigenvalue weighted by atomic mass is 32.1. The lowest BCUT2D eigenvalue weighted by Crippen LogP contribution is -2.28. The molecule has 1 aromatic carbocycles. The van der Waals surface area contributed by atoms with E-state index in [4.69, 9.17) is 5.73 Å². The van der Waals surface area contributed by atoms with Crippen LogP contribution in [0.25, 0.3) is 16.0 Å². The van der Waals surface area contributed by atoms with Crippen molar-refractivity contribution in [1.29, 1.82) is 0 Å². The average Bonchev–Trinajstić information content (AvgIpc) is 3.50. The van der Waals surface area contributed by atoms with Gasteiger partial charge in [0.2, 0.25) is 0 Å². The van der Waals surface area contributed by atoms with Crippen LogP contribution >= 0.6 is 11.3 Å². The quantitative estimate of drug-likeness (QED) is 0.231. The van der Waals surface area contributed by atoms with Crippen LogP contribution in [0.2, 0.25) is 0 Å². The predicted molar refractivity (Wildman–Crippen MR) is 125 cm³/mol. The Kier molecular flexibility index (Phi) is 6.26. The second-order valence-electron chi connectivity index (χ2n) is 6.88. The van der Waals surface area contributed by atoms with Crippen molar-refractivity contribution in [2.75, 3.05) is 5.32 Å². The topological polar surface area (TPSA) is 107 Å². The Labute approximate surface area is 195 Å². The lowest BCUT2D eigenvalue weighted by Gasteiger charge is -2.17. The third-order valence-electron chi connectivity index (χ3n) is 4.63. The monoisotopic (exact) mass is 482 g/mol. The van der Waals surface area contributed by atoms with Gasteiger partial charge in [0.05, 0.1) is 57.0 Å². The summed E-state index contributed by atoms with van der Waals surface area (Å²) in [5.74, 6) is 0.476. The van der Waals surface area contributed by atoms with Gasteiger partial charge in [0.25, 0.3) is 0 Å². The molecule has 172 valence electrons. The van der Waals surface area contributed by atoms with Crippen molar-refractivity contribution in [2.45, 2.75) is 13.1 Å². The van der Waals surface area contributed by atoms with Crippen molar-refractivity contribution in [1.82, 2.24) is 25.0 Å². The standard InChI is InChI=1S/C22H17F3N8S/c1-3-16(31-14-9-13(2)21(27-11-14)33-29-7-8-30-33)15(10-26)20(22(23,24)25)32-18-6-4-5-17-19(18)34-12-28-17/h4-12,31H,1,26H2,2H3. The van der Waals surface area contributed by atoms with E-state index in [0.717, 1.165) is 6.20 Å². The van der Waals surface area contributed by atoms with Crippen LogP contribution in [0.3, 0.4) is 0 Å². The number of nitrogens with two attached hydrogens (primary N) is 1. The molecule has 12 heteroatoms. The van der Waals surface area contributed by atoms with Gasteiger partial charge in [0, 0.05) is 6.20 Å². The van der Waals surface area contributed by atoms with Gasteiger partial charge in [0.1, 0.15) is 0 Å². The van der Waals surface area contributed by atoms with Gasteiger partial charge in [-0.2, -0.15) is 23.4 Å². The number of fused-ring (bicyclic) bond motifs is 1. The second-order valence-corrected chi connectivity index (χ2v) is 7.73. The van der Waals surface area contributed by atoms with E-state index in [9.17, 15) is 13.2 Å². The van der Waals surface area contributed by atoms with Crippen LogP contribution in [0.15, 0.2) is 83.1 Å². The smallest absolute Gasteiger partial charge is 0.404 e. The molecule has 0 aliphatic carbocycles. The third kappa shape index (κ3) is 4.58. The van der Waals surface area contributed by atoms with Crippen molar-refractivity contribution < 1.29 is 13.2 Å². The van der Waals surface area contributed by atoms with Crippen molar-refractivity contribution in [3.05, 3.63) is 83.7 Å². The summed E-state index contributed by atoms with van der Waals surface area (Å²) in [7, 11) is 0. The maximum atomic E-state index is 14.1. The van der Waals surface area contributed by atoms with E-state index in [1.807, 2.05) is 0 Å². The molecule has 0 bridgehead atoms. The van der Waals surface area contributed by atoms with Gasteiger partial charge in [-0.05, 0) is 30.7 Å². The number of nitrogens with one attached hydrogen (secondary N) is 1. The molecule has 3 heterocycles. The molecule has 0 radical (unpaired) electrons. The summed E-state index contributed by atoms with van der Waals surface area (Å²) in [5.41, 5.74) is 9.72. The number of rotatable bonds is 6. The van der Waals surface area contributed by atoms with E-state index < -0.39 is 17.5 Å². The Bertz CT molecular complexity index is 1440. The molecule has 0 aliphatic rings. The molecule has 0 aliphatic heterocycles. The first-order valence-electron chi connectivity index (χ1n) is 9.73. The molecule has 4 rings (SSSR count). The predicted octanol–water partition coefficient (Wildman–Crippen LogP) is 4.84. The first-order valence-corrected chi connectivity index (χ1v) is 10.6. The summed E-state index contributed by atoms with van der Waals surface area (Å²) < 4.78 is 42.9. The number of pyridine rings is 1. The van der Waals surface area contributed by atoms with Gasteiger partial charge < -0.3 is 11.1 Å². The van der Waals surface area contributed by atoms with Crippen LogP contribution in [0.4, 0.5) is 24.5 Å². The number of hydrogen-bond acceptors (Lipinski definition) is 8. The molecular formula is C22H17F3N8S. The fourth-order valence-electron chi connectivity index (χ4n) is 3.16. The van der Waals surface area contributed by atoms with Crippen LogP contribution in [-0.2, 0) is 0 Å². The van der Waals surface area contributed by atoms with Gasteiger partial charge in [-0.1, -0.05) is 12.6 Å². The summed E-state index contributed by atoms with van der Waals surface area (Å²) in [6.45, 7) is 5.29. The van der Waals surface area contributed by atoms with E-state index in [0.29, 0.717) is 27.3 Å². The molecule has 0 spiro atoms. The number of thiazole rings is 1. The Hall–Kier alpha value is -4.28. The summed E-state index contributed by atoms with van der Waals surface area (Å²) in [6.07, 6.45) is 0.455. The summed E-state index contributed by atoms with van der Waals surface area (Å²) >= 11 is 1.20. The van der Waals surface area contributed by atoms with Crippen molar-refractivity contribution >= 4 is 38.6 Å². The Morgan fingerprint density at radius 1 is 1.26 bits per heavy atom. The minimum Gasteiger partial charge on any atom is -0.404 e. The largest absolute Gasteiger partial charge is 0.434 e.